The van der Waals surface area contributed by atoms with Gasteiger partial charge in [-0.05, 0) is 49.0 Å². The van der Waals surface area contributed by atoms with E-state index in [2.05, 4.69) is 11.8 Å². The van der Waals surface area contributed by atoms with Gasteiger partial charge in [0, 0.05) is 43.5 Å². The van der Waals surface area contributed by atoms with Gasteiger partial charge in [0.05, 0.1) is 0 Å². The molecule has 126 valence electrons. The van der Waals surface area contributed by atoms with Crippen LogP contribution in [0.4, 0.5) is 5.69 Å². The first-order valence-corrected chi connectivity index (χ1v) is 8.31. The predicted molar refractivity (Wildman–Crippen MR) is 96.3 cm³/mol. The smallest absolute Gasteiger partial charge is 0.246 e. The highest BCUT2D eigenvalue weighted by Gasteiger charge is 2.18. The van der Waals surface area contributed by atoms with Crippen LogP contribution in [0.25, 0.3) is 17.4 Å². The molecule has 0 saturated carbocycles. The summed E-state index contributed by atoms with van der Waals surface area (Å²) in [4.78, 5) is 16.5. The molecule has 1 aromatic carbocycles. The number of furan rings is 1. The maximum absolute atomic E-state index is 12.2. The number of anilines is 1. The fourth-order valence-electron chi connectivity index (χ4n) is 2.79. The van der Waals surface area contributed by atoms with Gasteiger partial charge in [0.15, 0.2) is 0 Å². The van der Waals surface area contributed by atoms with Crippen molar-refractivity contribution in [1.29, 1.82) is 0 Å². The number of carbonyl (C=O) groups excluding carboxylic acids is 1. The van der Waals surface area contributed by atoms with E-state index in [4.69, 9.17) is 10.2 Å². The third kappa shape index (κ3) is 3.86. The Morgan fingerprint density at radius 2 is 1.83 bits per heavy atom. The minimum Gasteiger partial charge on any atom is -0.457 e. The number of rotatable bonds is 4. The summed E-state index contributed by atoms with van der Waals surface area (Å²) < 4.78 is 5.78. The SMILES string of the molecule is CCN1CCN(C(=O)/C=C/c2ccc(-c3ccc(N)cc3)o2)CC1. The van der Waals surface area contributed by atoms with E-state index in [0.717, 1.165) is 49.7 Å². The number of nitrogen functional groups attached to an aromatic ring is 1. The fourth-order valence-corrected chi connectivity index (χ4v) is 2.79. The quantitative estimate of drug-likeness (QED) is 0.693. The van der Waals surface area contributed by atoms with E-state index in [9.17, 15) is 4.79 Å². The number of carbonyl (C=O) groups is 1. The highest BCUT2D eigenvalue weighted by molar-refractivity contribution is 5.91. The molecular formula is C19H23N3O2. The Balaban J connectivity index is 1.61. The second-order valence-corrected chi connectivity index (χ2v) is 5.92. The lowest BCUT2D eigenvalue weighted by Crippen LogP contribution is -2.48. The lowest BCUT2D eigenvalue weighted by molar-refractivity contribution is -0.127. The molecule has 5 nitrogen and oxygen atoms in total. The monoisotopic (exact) mass is 325 g/mol. The van der Waals surface area contributed by atoms with Crippen molar-refractivity contribution in [3.05, 3.63) is 48.2 Å². The number of likely N-dealkylation sites (N-methyl/N-ethyl adjacent to an activating group) is 1. The molecule has 24 heavy (non-hydrogen) atoms. The van der Waals surface area contributed by atoms with Crippen LogP contribution in [0.3, 0.4) is 0 Å². The lowest BCUT2D eigenvalue weighted by atomic mass is 10.1. The van der Waals surface area contributed by atoms with Crippen molar-refractivity contribution in [1.82, 2.24) is 9.80 Å². The zero-order valence-corrected chi connectivity index (χ0v) is 13.9. The number of hydrogen-bond acceptors (Lipinski definition) is 4. The number of amides is 1. The summed E-state index contributed by atoms with van der Waals surface area (Å²) in [5.41, 5.74) is 7.38. The highest BCUT2D eigenvalue weighted by atomic mass is 16.3. The third-order valence-electron chi connectivity index (χ3n) is 4.34. The molecule has 0 spiro atoms. The number of nitrogens with zero attached hydrogens (tertiary/aromatic N) is 2. The van der Waals surface area contributed by atoms with E-state index in [1.807, 2.05) is 41.3 Å². The molecule has 1 amide bonds. The summed E-state index contributed by atoms with van der Waals surface area (Å²) in [6, 6.07) is 11.3. The molecule has 1 aliphatic rings. The van der Waals surface area contributed by atoms with Crippen LogP contribution < -0.4 is 5.73 Å². The van der Waals surface area contributed by atoms with Crippen molar-refractivity contribution in [2.75, 3.05) is 38.5 Å². The summed E-state index contributed by atoms with van der Waals surface area (Å²) in [6.45, 7) is 6.64. The molecule has 2 aromatic rings. The Morgan fingerprint density at radius 1 is 1.12 bits per heavy atom. The molecule has 0 radical (unpaired) electrons. The summed E-state index contributed by atoms with van der Waals surface area (Å²) in [6.07, 6.45) is 3.32. The van der Waals surface area contributed by atoms with Crippen molar-refractivity contribution >= 4 is 17.7 Å². The highest BCUT2D eigenvalue weighted by Crippen LogP contribution is 2.23. The van der Waals surface area contributed by atoms with Gasteiger partial charge in [-0.1, -0.05) is 6.92 Å². The number of hydrogen-bond donors (Lipinski definition) is 1. The Labute approximate surface area is 142 Å². The summed E-state index contributed by atoms with van der Waals surface area (Å²) in [5, 5.41) is 0. The van der Waals surface area contributed by atoms with E-state index in [1.165, 1.54) is 0 Å². The third-order valence-corrected chi connectivity index (χ3v) is 4.34. The van der Waals surface area contributed by atoms with E-state index >= 15 is 0 Å². The molecule has 0 atom stereocenters. The Kier molecular flexibility index (Phi) is 5.01. The largest absolute Gasteiger partial charge is 0.457 e. The predicted octanol–water partition coefficient (Wildman–Crippen LogP) is 2.71. The zero-order valence-electron chi connectivity index (χ0n) is 13.9. The van der Waals surface area contributed by atoms with E-state index in [0.29, 0.717) is 5.76 Å². The zero-order chi connectivity index (χ0) is 16.9. The molecule has 2 heterocycles. The number of benzene rings is 1. The van der Waals surface area contributed by atoms with Crippen molar-refractivity contribution in [3.63, 3.8) is 0 Å². The van der Waals surface area contributed by atoms with Gasteiger partial charge in [-0.15, -0.1) is 0 Å². The molecule has 0 unspecified atom stereocenters. The molecular weight excluding hydrogens is 302 g/mol. The molecule has 1 saturated heterocycles. The first kappa shape index (κ1) is 16.3. The lowest BCUT2D eigenvalue weighted by Gasteiger charge is -2.33. The molecule has 5 heteroatoms. The molecule has 1 aliphatic heterocycles. The molecule has 3 rings (SSSR count). The first-order valence-electron chi connectivity index (χ1n) is 8.31. The van der Waals surface area contributed by atoms with Crippen LogP contribution in [-0.4, -0.2) is 48.4 Å². The van der Waals surface area contributed by atoms with E-state index in [1.54, 1.807) is 12.2 Å². The second-order valence-electron chi connectivity index (χ2n) is 5.92. The van der Waals surface area contributed by atoms with Crippen molar-refractivity contribution in [2.24, 2.45) is 0 Å². The van der Waals surface area contributed by atoms with Crippen LogP contribution in [-0.2, 0) is 4.79 Å². The Hall–Kier alpha value is -2.53. The fraction of sp³-hybridized carbons (Fsp3) is 0.316. The normalized spacial score (nSPS) is 16.0. The van der Waals surface area contributed by atoms with Gasteiger partial charge < -0.3 is 20.0 Å². The average molecular weight is 325 g/mol. The minimum atomic E-state index is 0.0381. The van der Waals surface area contributed by atoms with Crippen LogP contribution in [0.1, 0.15) is 12.7 Å². The van der Waals surface area contributed by atoms with E-state index < -0.39 is 0 Å². The number of nitrogens with two attached hydrogens (primary N) is 1. The van der Waals surface area contributed by atoms with Crippen LogP contribution in [0, 0.1) is 0 Å². The first-order chi connectivity index (χ1) is 11.7. The van der Waals surface area contributed by atoms with Crippen molar-refractivity contribution in [3.8, 4) is 11.3 Å². The maximum Gasteiger partial charge on any atom is 0.246 e. The van der Waals surface area contributed by atoms with Crippen LogP contribution in [0.2, 0.25) is 0 Å². The molecule has 0 bridgehead atoms. The maximum atomic E-state index is 12.2. The van der Waals surface area contributed by atoms with Crippen molar-refractivity contribution < 1.29 is 9.21 Å². The summed E-state index contributed by atoms with van der Waals surface area (Å²) in [5.74, 6) is 1.47. The topological polar surface area (TPSA) is 62.7 Å². The molecule has 1 fully saturated rings. The summed E-state index contributed by atoms with van der Waals surface area (Å²) >= 11 is 0. The van der Waals surface area contributed by atoms with Gasteiger partial charge in [-0.2, -0.15) is 0 Å². The number of piperazine rings is 1. The minimum absolute atomic E-state index is 0.0381. The van der Waals surface area contributed by atoms with Gasteiger partial charge in [0.1, 0.15) is 11.5 Å². The van der Waals surface area contributed by atoms with Crippen LogP contribution in [0.15, 0.2) is 46.9 Å². The Morgan fingerprint density at radius 3 is 2.50 bits per heavy atom. The Bertz CT molecular complexity index is 710. The molecule has 2 N–H and O–H groups in total. The van der Waals surface area contributed by atoms with Gasteiger partial charge in [0.25, 0.3) is 0 Å². The molecule has 0 aliphatic carbocycles. The standard InChI is InChI=1S/C19H23N3O2/c1-2-21-11-13-22(14-12-21)19(23)10-8-17-7-9-18(24-17)15-3-5-16(20)6-4-15/h3-10H,2,11-14,20H2,1H3/b10-8+. The van der Waals surface area contributed by atoms with Gasteiger partial charge >= 0.3 is 0 Å². The molecule has 1 aromatic heterocycles. The summed E-state index contributed by atoms with van der Waals surface area (Å²) in [7, 11) is 0. The van der Waals surface area contributed by atoms with E-state index in [-0.39, 0.29) is 5.91 Å². The second kappa shape index (κ2) is 7.36. The van der Waals surface area contributed by atoms with Crippen LogP contribution >= 0.6 is 0 Å². The van der Waals surface area contributed by atoms with Gasteiger partial charge in [-0.3, -0.25) is 4.79 Å². The van der Waals surface area contributed by atoms with Crippen LogP contribution in [0.5, 0.6) is 0 Å². The van der Waals surface area contributed by atoms with Crippen molar-refractivity contribution in [2.45, 2.75) is 6.92 Å². The van der Waals surface area contributed by atoms with Gasteiger partial charge in [-0.25, -0.2) is 0 Å². The van der Waals surface area contributed by atoms with Gasteiger partial charge in [0.2, 0.25) is 5.91 Å². The average Bonchev–Trinajstić information content (AvgIpc) is 3.09.